The summed E-state index contributed by atoms with van der Waals surface area (Å²) >= 11 is 0.634. The average Bonchev–Trinajstić information content (AvgIpc) is 3.20. The number of nitrogens with zero attached hydrogens (tertiary/aromatic N) is 2. The first-order valence-corrected chi connectivity index (χ1v) is 10.7. The molecule has 9 nitrogen and oxygen atoms in total. The molecular formula is C22H21F2N5O4S. The van der Waals surface area contributed by atoms with Gasteiger partial charge in [0.2, 0.25) is 5.91 Å². The molecule has 2 aromatic carbocycles. The highest BCUT2D eigenvalue weighted by Gasteiger charge is 2.36. The maximum Gasteiger partial charge on any atom is 0.273 e. The van der Waals surface area contributed by atoms with Gasteiger partial charge < -0.3 is 21.5 Å². The zero-order valence-electron chi connectivity index (χ0n) is 18.0. The Morgan fingerprint density at radius 1 is 1.09 bits per heavy atom. The predicted molar refractivity (Wildman–Crippen MR) is 122 cm³/mol. The van der Waals surface area contributed by atoms with Gasteiger partial charge in [-0.3, -0.25) is 19.3 Å². The van der Waals surface area contributed by atoms with Crippen molar-refractivity contribution in [2.24, 2.45) is 5.73 Å². The molecular weight excluding hydrogens is 468 g/mol. The first-order chi connectivity index (χ1) is 16.2. The first-order valence-electron chi connectivity index (χ1n) is 9.90. The van der Waals surface area contributed by atoms with Crippen LogP contribution in [0.1, 0.15) is 31.8 Å². The van der Waals surface area contributed by atoms with Gasteiger partial charge in [0.15, 0.2) is 5.69 Å². The Kier molecular flexibility index (Phi) is 7.87. The molecule has 0 aliphatic carbocycles. The van der Waals surface area contributed by atoms with E-state index in [1.165, 1.54) is 31.4 Å². The molecule has 0 aliphatic rings. The Hall–Kier alpha value is -3.90. The van der Waals surface area contributed by atoms with Crippen LogP contribution in [0.2, 0.25) is 0 Å². The Balaban J connectivity index is 2.16. The van der Waals surface area contributed by atoms with E-state index in [1.807, 2.05) is 0 Å². The Labute approximate surface area is 197 Å². The van der Waals surface area contributed by atoms with Crippen molar-refractivity contribution in [1.29, 1.82) is 0 Å². The standard InChI is InChI=1S/C22H21F2N5O4S/c1-33-11-10-27-21(31)18(12-2-4-13(23)5-3-12)29(15-8-6-14(24)7-9-15)22(32)19-16(25)17(20(26)30)28-34-19/h2-9,18H,10-11,25H2,1H3,(H2,26,30)(H,27,31). The van der Waals surface area contributed by atoms with Crippen molar-refractivity contribution in [1.82, 2.24) is 9.69 Å². The molecule has 34 heavy (non-hydrogen) atoms. The monoisotopic (exact) mass is 489 g/mol. The van der Waals surface area contributed by atoms with Gasteiger partial charge in [-0.25, -0.2) is 8.78 Å². The normalized spacial score (nSPS) is 11.6. The summed E-state index contributed by atoms with van der Waals surface area (Å²) in [5.74, 6) is -3.43. The van der Waals surface area contributed by atoms with Crippen molar-refractivity contribution in [3.8, 4) is 0 Å². The maximum atomic E-state index is 13.7. The fourth-order valence-electron chi connectivity index (χ4n) is 3.16. The van der Waals surface area contributed by atoms with Crippen LogP contribution in [-0.4, -0.2) is 42.4 Å². The molecule has 3 amide bonds. The summed E-state index contributed by atoms with van der Waals surface area (Å²) in [4.78, 5) is 39.5. The van der Waals surface area contributed by atoms with E-state index in [9.17, 15) is 23.2 Å². The van der Waals surface area contributed by atoms with E-state index in [4.69, 9.17) is 16.2 Å². The Morgan fingerprint density at radius 2 is 1.68 bits per heavy atom. The highest BCUT2D eigenvalue weighted by molar-refractivity contribution is 7.09. The van der Waals surface area contributed by atoms with Crippen LogP contribution in [0.25, 0.3) is 0 Å². The number of nitrogens with one attached hydrogen (secondary N) is 1. The number of aromatic nitrogens is 1. The molecule has 3 aromatic rings. The SMILES string of the molecule is COCCNC(=O)C(c1ccc(F)cc1)N(C(=O)c1snc(C(N)=O)c1N)c1ccc(F)cc1. The van der Waals surface area contributed by atoms with Crippen LogP contribution >= 0.6 is 11.5 Å². The van der Waals surface area contributed by atoms with Crippen LogP contribution in [0.3, 0.4) is 0 Å². The molecule has 0 saturated heterocycles. The molecule has 1 atom stereocenters. The summed E-state index contributed by atoms with van der Waals surface area (Å²) in [7, 11) is 1.46. The second-order valence-corrected chi connectivity index (χ2v) is 7.80. The summed E-state index contributed by atoms with van der Waals surface area (Å²) < 4.78 is 36.1. The van der Waals surface area contributed by atoms with E-state index in [1.54, 1.807) is 0 Å². The topological polar surface area (TPSA) is 141 Å². The lowest BCUT2D eigenvalue weighted by molar-refractivity contribution is -0.122. The zero-order valence-corrected chi connectivity index (χ0v) is 18.8. The number of carbonyl (C=O) groups excluding carboxylic acids is 3. The highest BCUT2D eigenvalue weighted by atomic mass is 32.1. The lowest BCUT2D eigenvalue weighted by atomic mass is 10.0. The van der Waals surface area contributed by atoms with Gasteiger partial charge in [-0.1, -0.05) is 12.1 Å². The highest BCUT2D eigenvalue weighted by Crippen LogP contribution is 2.33. The van der Waals surface area contributed by atoms with Gasteiger partial charge >= 0.3 is 0 Å². The van der Waals surface area contributed by atoms with Crippen LogP contribution in [0, 0.1) is 11.6 Å². The van der Waals surface area contributed by atoms with Gasteiger partial charge in [0, 0.05) is 19.3 Å². The summed E-state index contributed by atoms with van der Waals surface area (Å²) in [5, 5.41) is 2.66. The number of amides is 3. The molecule has 1 aromatic heterocycles. The van der Waals surface area contributed by atoms with Crippen LogP contribution in [-0.2, 0) is 9.53 Å². The number of primary amides is 1. The largest absolute Gasteiger partial charge is 0.395 e. The van der Waals surface area contributed by atoms with E-state index in [0.717, 1.165) is 29.2 Å². The zero-order chi connectivity index (χ0) is 24.8. The van der Waals surface area contributed by atoms with Crippen molar-refractivity contribution in [2.45, 2.75) is 6.04 Å². The molecule has 178 valence electrons. The number of hydrogen-bond donors (Lipinski definition) is 3. The molecule has 3 rings (SSSR count). The number of ether oxygens (including phenoxy) is 1. The second kappa shape index (κ2) is 10.8. The van der Waals surface area contributed by atoms with E-state index < -0.39 is 35.4 Å². The Bertz CT molecular complexity index is 1190. The van der Waals surface area contributed by atoms with E-state index in [-0.39, 0.29) is 40.7 Å². The third-order valence-electron chi connectivity index (χ3n) is 4.78. The van der Waals surface area contributed by atoms with Crippen molar-refractivity contribution in [2.75, 3.05) is 30.9 Å². The lowest BCUT2D eigenvalue weighted by Crippen LogP contribution is -2.44. The number of nitrogens with two attached hydrogens (primary N) is 2. The van der Waals surface area contributed by atoms with Crippen LogP contribution in [0.15, 0.2) is 48.5 Å². The summed E-state index contributed by atoms with van der Waals surface area (Å²) in [6.45, 7) is 0.336. The van der Waals surface area contributed by atoms with Crippen molar-refractivity contribution in [3.05, 3.63) is 76.3 Å². The fourth-order valence-corrected chi connectivity index (χ4v) is 3.90. The quantitative estimate of drug-likeness (QED) is 0.394. The fraction of sp³-hybridized carbons (Fsp3) is 0.182. The Morgan fingerprint density at radius 3 is 2.21 bits per heavy atom. The van der Waals surface area contributed by atoms with Gasteiger partial charge in [-0.15, -0.1) is 0 Å². The number of rotatable bonds is 9. The summed E-state index contributed by atoms with van der Waals surface area (Å²) in [6.07, 6.45) is 0. The smallest absolute Gasteiger partial charge is 0.273 e. The number of carbonyl (C=O) groups is 3. The number of benzene rings is 2. The molecule has 1 unspecified atom stereocenters. The minimum atomic E-state index is -1.31. The molecule has 12 heteroatoms. The molecule has 5 N–H and O–H groups in total. The summed E-state index contributed by atoms with van der Waals surface area (Å²) in [6, 6.07) is 8.52. The molecule has 0 fully saturated rings. The molecule has 0 saturated carbocycles. The van der Waals surface area contributed by atoms with Gasteiger partial charge in [-0.05, 0) is 53.5 Å². The van der Waals surface area contributed by atoms with Gasteiger partial charge in [0.25, 0.3) is 11.8 Å². The van der Waals surface area contributed by atoms with E-state index in [2.05, 4.69) is 9.69 Å². The predicted octanol–water partition coefficient (Wildman–Crippen LogP) is 2.25. The van der Waals surface area contributed by atoms with E-state index in [0.29, 0.717) is 11.5 Å². The number of methoxy groups -OCH3 is 1. The van der Waals surface area contributed by atoms with Crippen LogP contribution in [0.5, 0.6) is 0 Å². The van der Waals surface area contributed by atoms with Crippen molar-refractivity contribution < 1.29 is 27.9 Å². The van der Waals surface area contributed by atoms with Gasteiger partial charge in [0.05, 0.1) is 12.3 Å². The van der Waals surface area contributed by atoms with Crippen LogP contribution in [0.4, 0.5) is 20.2 Å². The lowest BCUT2D eigenvalue weighted by Gasteiger charge is -2.31. The number of halogens is 2. The van der Waals surface area contributed by atoms with Crippen molar-refractivity contribution >= 4 is 40.6 Å². The minimum absolute atomic E-state index is 0.132. The maximum absolute atomic E-state index is 13.7. The first kappa shape index (κ1) is 24.7. The summed E-state index contributed by atoms with van der Waals surface area (Å²) in [5.41, 5.74) is 11.1. The average molecular weight is 490 g/mol. The molecule has 1 heterocycles. The van der Waals surface area contributed by atoms with Gasteiger partial charge in [-0.2, -0.15) is 4.37 Å². The molecule has 0 radical (unpaired) electrons. The third-order valence-corrected chi connectivity index (χ3v) is 5.63. The van der Waals surface area contributed by atoms with E-state index >= 15 is 0 Å². The minimum Gasteiger partial charge on any atom is -0.395 e. The third kappa shape index (κ3) is 5.35. The van der Waals surface area contributed by atoms with Crippen molar-refractivity contribution in [3.63, 3.8) is 0 Å². The number of anilines is 2. The molecule has 0 spiro atoms. The molecule has 0 aliphatic heterocycles. The number of hydrogen-bond acceptors (Lipinski definition) is 7. The number of nitrogen functional groups attached to an aromatic ring is 1. The van der Waals surface area contributed by atoms with Crippen LogP contribution < -0.4 is 21.7 Å². The van der Waals surface area contributed by atoms with Gasteiger partial charge in [0.1, 0.15) is 22.6 Å². The second-order valence-electron chi connectivity index (χ2n) is 7.03. The molecule has 0 bridgehead atoms.